The molecule has 25 heavy (non-hydrogen) atoms. The van der Waals surface area contributed by atoms with Crippen molar-refractivity contribution in [2.75, 3.05) is 19.6 Å². The third-order valence-corrected chi connectivity index (χ3v) is 5.78. The van der Waals surface area contributed by atoms with Gasteiger partial charge in [-0.25, -0.2) is 13.1 Å². The molecule has 0 aliphatic carbocycles. The third kappa shape index (κ3) is 4.74. The number of nitrogens with one attached hydrogen (secondary N) is 1. The van der Waals surface area contributed by atoms with Crippen LogP contribution in [0.25, 0.3) is 0 Å². The van der Waals surface area contributed by atoms with Gasteiger partial charge in [0.25, 0.3) is 5.69 Å². The van der Waals surface area contributed by atoms with E-state index in [-0.39, 0.29) is 41.4 Å². The molecule has 9 nitrogen and oxygen atoms in total. The van der Waals surface area contributed by atoms with Crippen molar-refractivity contribution < 1.29 is 18.1 Å². The molecule has 1 aromatic rings. The Hall–Kier alpha value is -2.04. The van der Waals surface area contributed by atoms with E-state index in [0.29, 0.717) is 13.1 Å². The number of non-ortho nitro benzene ring substituents is 1. The van der Waals surface area contributed by atoms with Crippen LogP contribution >= 0.6 is 0 Å². The van der Waals surface area contributed by atoms with E-state index in [2.05, 4.69) is 4.72 Å². The summed E-state index contributed by atoms with van der Waals surface area (Å²) in [5.74, 6) is 0.172. The zero-order valence-corrected chi connectivity index (χ0v) is 14.7. The maximum atomic E-state index is 12.2. The number of hydrogen-bond donors (Lipinski definition) is 2. The molecule has 1 fully saturated rings. The van der Waals surface area contributed by atoms with Crippen LogP contribution in [-0.4, -0.2) is 49.8 Å². The van der Waals surface area contributed by atoms with Crippen molar-refractivity contribution in [1.82, 2.24) is 9.62 Å². The van der Waals surface area contributed by atoms with Crippen molar-refractivity contribution >= 4 is 21.6 Å². The van der Waals surface area contributed by atoms with Crippen molar-refractivity contribution in [2.45, 2.75) is 30.7 Å². The van der Waals surface area contributed by atoms with E-state index in [1.165, 1.54) is 0 Å². The molecule has 1 aliphatic rings. The molecular weight excluding hydrogens is 348 g/mol. The molecule has 3 N–H and O–H groups in total. The van der Waals surface area contributed by atoms with Crippen LogP contribution in [0.2, 0.25) is 0 Å². The minimum atomic E-state index is -3.81. The van der Waals surface area contributed by atoms with Gasteiger partial charge in [0.2, 0.25) is 15.9 Å². The highest BCUT2D eigenvalue weighted by atomic mass is 32.2. The SMILES string of the molecule is CC1CC(CN)CN1C(=O)CCNS(=O)(=O)c1ccc([N+](=O)[O-])cc1. The number of nitro groups is 1. The first-order valence-corrected chi connectivity index (χ1v) is 9.46. The smallest absolute Gasteiger partial charge is 0.269 e. The minimum Gasteiger partial charge on any atom is -0.340 e. The first-order valence-electron chi connectivity index (χ1n) is 7.98. The molecule has 138 valence electrons. The molecule has 0 radical (unpaired) electrons. The van der Waals surface area contributed by atoms with E-state index in [4.69, 9.17) is 5.73 Å². The van der Waals surface area contributed by atoms with E-state index in [1.807, 2.05) is 6.92 Å². The highest BCUT2D eigenvalue weighted by Crippen LogP contribution is 2.22. The summed E-state index contributed by atoms with van der Waals surface area (Å²) in [4.78, 5) is 23.9. The Morgan fingerprint density at radius 2 is 2.04 bits per heavy atom. The van der Waals surface area contributed by atoms with Crippen molar-refractivity contribution in [2.24, 2.45) is 11.7 Å². The largest absolute Gasteiger partial charge is 0.340 e. The van der Waals surface area contributed by atoms with Gasteiger partial charge < -0.3 is 10.6 Å². The lowest BCUT2D eigenvalue weighted by Gasteiger charge is -2.21. The Kier molecular flexibility index (Phi) is 6.09. The summed E-state index contributed by atoms with van der Waals surface area (Å²) in [6.45, 7) is 3.05. The summed E-state index contributed by atoms with van der Waals surface area (Å²) >= 11 is 0. The molecule has 0 spiro atoms. The van der Waals surface area contributed by atoms with Gasteiger partial charge in [-0.2, -0.15) is 0 Å². The number of amides is 1. The van der Waals surface area contributed by atoms with Crippen LogP contribution in [0, 0.1) is 16.0 Å². The number of hydrogen-bond acceptors (Lipinski definition) is 6. The van der Waals surface area contributed by atoms with Crippen LogP contribution < -0.4 is 10.5 Å². The summed E-state index contributed by atoms with van der Waals surface area (Å²) in [7, 11) is -3.81. The first kappa shape index (κ1) is 19.3. The third-order valence-electron chi connectivity index (χ3n) is 4.30. The lowest BCUT2D eigenvalue weighted by atomic mass is 10.1. The Morgan fingerprint density at radius 3 is 2.56 bits per heavy atom. The zero-order valence-electron chi connectivity index (χ0n) is 13.9. The predicted octanol–water partition coefficient (Wildman–Crippen LogP) is 0.459. The number of nitrogens with two attached hydrogens (primary N) is 1. The van der Waals surface area contributed by atoms with Gasteiger partial charge >= 0.3 is 0 Å². The number of nitro benzene ring substituents is 1. The molecule has 0 bridgehead atoms. The van der Waals surface area contributed by atoms with E-state index in [9.17, 15) is 23.3 Å². The summed E-state index contributed by atoms with van der Waals surface area (Å²) in [6, 6.07) is 4.68. The second-order valence-corrected chi connectivity index (χ2v) is 7.90. The predicted molar refractivity (Wildman–Crippen MR) is 91.2 cm³/mol. The van der Waals surface area contributed by atoms with Crippen LogP contribution in [0.1, 0.15) is 19.8 Å². The molecule has 1 saturated heterocycles. The molecule has 1 amide bonds. The second kappa shape index (κ2) is 7.89. The van der Waals surface area contributed by atoms with E-state index in [0.717, 1.165) is 30.7 Å². The molecular formula is C15H22N4O5S. The van der Waals surface area contributed by atoms with Gasteiger partial charge in [-0.05, 0) is 37.9 Å². The summed E-state index contributed by atoms with van der Waals surface area (Å²) in [5, 5.41) is 10.6. The monoisotopic (exact) mass is 370 g/mol. The molecule has 2 unspecified atom stereocenters. The fourth-order valence-corrected chi connectivity index (χ4v) is 3.96. The zero-order chi connectivity index (χ0) is 18.6. The van der Waals surface area contributed by atoms with Gasteiger partial charge in [0, 0.05) is 37.7 Å². The van der Waals surface area contributed by atoms with Crippen LogP contribution in [0.3, 0.4) is 0 Å². The molecule has 2 rings (SSSR count). The van der Waals surface area contributed by atoms with E-state index >= 15 is 0 Å². The van der Waals surface area contributed by atoms with E-state index < -0.39 is 14.9 Å². The fraction of sp³-hybridized carbons (Fsp3) is 0.533. The quantitative estimate of drug-likeness (QED) is 0.528. The van der Waals surface area contributed by atoms with Gasteiger partial charge in [0.15, 0.2) is 0 Å². The van der Waals surface area contributed by atoms with Gasteiger partial charge in [0.05, 0.1) is 9.82 Å². The van der Waals surface area contributed by atoms with Crippen molar-refractivity contribution in [3.8, 4) is 0 Å². The maximum absolute atomic E-state index is 12.2. The number of benzene rings is 1. The van der Waals surface area contributed by atoms with Crippen LogP contribution in [0.15, 0.2) is 29.2 Å². The number of nitrogens with zero attached hydrogens (tertiary/aromatic N) is 2. The van der Waals surface area contributed by atoms with Crippen molar-refractivity contribution in [3.05, 3.63) is 34.4 Å². The van der Waals surface area contributed by atoms with Crippen molar-refractivity contribution in [1.29, 1.82) is 0 Å². The number of likely N-dealkylation sites (tertiary alicyclic amines) is 1. The molecule has 0 saturated carbocycles. The molecule has 10 heteroatoms. The Balaban J connectivity index is 1.89. The second-order valence-electron chi connectivity index (χ2n) is 6.13. The standard InChI is InChI=1S/C15H22N4O5S/c1-11-8-12(9-16)10-18(11)15(20)6-7-17-25(23,24)14-4-2-13(3-5-14)19(21)22/h2-5,11-12,17H,6-10,16H2,1H3. The average molecular weight is 370 g/mol. The topological polar surface area (TPSA) is 136 Å². The Labute approximate surface area is 146 Å². The summed E-state index contributed by atoms with van der Waals surface area (Å²) < 4.78 is 26.7. The highest BCUT2D eigenvalue weighted by molar-refractivity contribution is 7.89. The van der Waals surface area contributed by atoms with Crippen LogP contribution in [0.4, 0.5) is 5.69 Å². The number of sulfonamides is 1. The van der Waals surface area contributed by atoms with Crippen LogP contribution in [0.5, 0.6) is 0 Å². The average Bonchev–Trinajstić information content (AvgIpc) is 2.95. The molecule has 2 atom stereocenters. The fourth-order valence-electron chi connectivity index (χ4n) is 2.93. The first-order chi connectivity index (χ1) is 11.7. The lowest BCUT2D eigenvalue weighted by Crippen LogP contribution is -2.37. The number of carbonyl (C=O) groups excluding carboxylic acids is 1. The lowest BCUT2D eigenvalue weighted by molar-refractivity contribution is -0.384. The molecule has 0 aromatic heterocycles. The Morgan fingerprint density at radius 1 is 1.40 bits per heavy atom. The summed E-state index contributed by atoms with van der Waals surface area (Å²) in [5.41, 5.74) is 5.45. The molecule has 1 aromatic carbocycles. The maximum Gasteiger partial charge on any atom is 0.269 e. The van der Waals surface area contributed by atoms with Gasteiger partial charge in [-0.3, -0.25) is 14.9 Å². The van der Waals surface area contributed by atoms with Crippen LogP contribution in [-0.2, 0) is 14.8 Å². The Bertz CT molecular complexity index is 735. The molecule has 1 heterocycles. The molecule has 1 aliphatic heterocycles. The summed E-state index contributed by atoms with van der Waals surface area (Å²) in [6.07, 6.45) is 0.907. The highest BCUT2D eigenvalue weighted by Gasteiger charge is 2.31. The minimum absolute atomic E-state index is 0.0331. The number of carbonyl (C=O) groups is 1. The van der Waals surface area contributed by atoms with E-state index in [1.54, 1.807) is 4.90 Å². The van der Waals surface area contributed by atoms with Gasteiger partial charge in [-0.15, -0.1) is 0 Å². The van der Waals surface area contributed by atoms with Crippen molar-refractivity contribution in [3.63, 3.8) is 0 Å². The normalized spacial score (nSPS) is 20.6. The number of rotatable bonds is 7. The van der Waals surface area contributed by atoms with Gasteiger partial charge in [-0.1, -0.05) is 0 Å². The van der Waals surface area contributed by atoms with Gasteiger partial charge in [0.1, 0.15) is 0 Å².